The Labute approximate surface area is 180 Å². The zero-order valence-electron chi connectivity index (χ0n) is 16.6. The van der Waals surface area contributed by atoms with Gasteiger partial charge in [0.05, 0.1) is 11.1 Å². The molecule has 1 amide bonds. The standard InChI is InChI=1S/C22H25Cl2N3O2/c1-12(2)7-13(11-25)21(28)15-5-3-4-6-18(15)27-22(29)20-10-16-17(24)8-14(23)9-19(16)26-20/h8-10,12-13,15,18,26H,3-7H2,1-2H3,(H,27,29)/t13-,15+,18-/m0/s1. The van der Waals surface area contributed by atoms with E-state index in [0.717, 1.165) is 24.6 Å². The van der Waals surface area contributed by atoms with E-state index in [1.807, 2.05) is 13.8 Å². The van der Waals surface area contributed by atoms with Gasteiger partial charge in [0.1, 0.15) is 11.6 Å². The Bertz CT molecular complexity index is 961. The zero-order chi connectivity index (χ0) is 21.1. The minimum atomic E-state index is -0.619. The number of ketones is 1. The first-order valence-electron chi connectivity index (χ1n) is 10.0. The Morgan fingerprint density at radius 1 is 1.24 bits per heavy atom. The number of nitriles is 1. The molecular weight excluding hydrogens is 409 g/mol. The molecule has 5 nitrogen and oxygen atoms in total. The topological polar surface area (TPSA) is 85.8 Å². The van der Waals surface area contributed by atoms with Crippen molar-refractivity contribution in [3.05, 3.63) is 33.9 Å². The highest BCUT2D eigenvalue weighted by Gasteiger charge is 2.36. The molecule has 0 saturated heterocycles. The van der Waals surface area contributed by atoms with Crippen molar-refractivity contribution in [1.29, 1.82) is 5.26 Å². The number of fused-ring (bicyclic) bond motifs is 1. The number of benzene rings is 1. The average molecular weight is 434 g/mol. The van der Waals surface area contributed by atoms with E-state index in [2.05, 4.69) is 16.4 Å². The Balaban J connectivity index is 1.78. The lowest BCUT2D eigenvalue weighted by molar-refractivity contribution is -0.127. The molecule has 154 valence electrons. The van der Waals surface area contributed by atoms with Gasteiger partial charge in [0.25, 0.3) is 5.91 Å². The smallest absolute Gasteiger partial charge is 0.267 e. The van der Waals surface area contributed by atoms with Gasteiger partial charge < -0.3 is 10.3 Å². The highest BCUT2D eigenvalue weighted by Crippen LogP contribution is 2.31. The van der Waals surface area contributed by atoms with Crippen LogP contribution in [0, 0.1) is 29.1 Å². The molecule has 1 aromatic heterocycles. The number of Topliss-reactive ketones (excluding diaryl/α,β-unsaturated/α-hetero) is 1. The first-order valence-corrected chi connectivity index (χ1v) is 10.8. The number of rotatable bonds is 6. The van der Waals surface area contributed by atoms with E-state index in [-0.39, 0.29) is 29.6 Å². The van der Waals surface area contributed by atoms with Crippen LogP contribution < -0.4 is 5.32 Å². The summed E-state index contributed by atoms with van der Waals surface area (Å²) >= 11 is 12.3. The number of hydrogen-bond acceptors (Lipinski definition) is 3. The fourth-order valence-corrected chi connectivity index (χ4v) is 4.68. The normalized spacial score (nSPS) is 20.4. The molecule has 3 atom stereocenters. The Morgan fingerprint density at radius 3 is 2.66 bits per heavy atom. The van der Waals surface area contributed by atoms with Gasteiger partial charge in [0, 0.05) is 27.9 Å². The van der Waals surface area contributed by atoms with Crippen molar-refractivity contribution in [2.45, 2.75) is 52.0 Å². The molecule has 1 aromatic carbocycles. The maximum atomic E-state index is 13.0. The highest BCUT2D eigenvalue weighted by molar-refractivity contribution is 6.38. The molecule has 1 saturated carbocycles. The average Bonchev–Trinajstić information content (AvgIpc) is 3.10. The largest absolute Gasteiger partial charge is 0.350 e. The monoisotopic (exact) mass is 433 g/mol. The van der Waals surface area contributed by atoms with Crippen molar-refractivity contribution >= 4 is 45.8 Å². The van der Waals surface area contributed by atoms with Crippen molar-refractivity contribution in [1.82, 2.24) is 10.3 Å². The van der Waals surface area contributed by atoms with Crippen molar-refractivity contribution in [2.75, 3.05) is 0 Å². The highest BCUT2D eigenvalue weighted by atomic mass is 35.5. The number of aromatic amines is 1. The van der Waals surface area contributed by atoms with Gasteiger partial charge in [-0.15, -0.1) is 0 Å². The molecule has 0 spiro atoms. The van der Waals surface area contributed by atoms with Crippen LogP contribution in [-0.2, 0) is 4.79 Å². The molecule has 0 bridgehead atoms. The third-order valence-electron chi connectivity index (χ3n) is 5.55. The fourth-order valence-electron chi connectivity index (χ4n) is 4.14. The second-order valence-corrected chi connectivity index (χ2v) is 9.06. The SMILES string of the molecule is CC(C)C[C@@H](C#N)C(=O)[C@@H]1CCCC[C@@H]1NC(=O)c1cc2c(Cl)cc(Cl)cc2[nH]1. The fraction of sp³-hybridized carbons (Fsp3) is 0.500. The van der Waals surface area contributed by atoms with Gasteiger partial charge in [-0.25, -0.2) is 0 Å². The molecule has 1 heterocycles. The number of H-pyrrole nitrogens is 1. The number of halogens is 2. The molecule has 0 unspecified atom stereocenters. The van der Waals surface area contributed by atoms with E-state index in [0.29, 0.717) is 34.1 Å². The van der Waals surface area contributed by atoms with Crippen LogP contribution in [0.5, 0.6) is 0 Å². The van der Waals surface area contributed by atoms with Crippen LogP contribution >= 0.6 is 23.2 Å². The van der Waals surface area contributed by atoms with E-state index < -0.39 is 5.92 Å². The van der Waals surface area contributed by atoms with Crippen LogP contribution in [0.3, 0.4) is 0 Å². The number of amides is 1. The van der Waals surface area contributed by atoms with Crippen molar-refractivity contribution < 1.29 is 9.59 Å². The number of carbonyl (C=O) groups is 2. The first-order chi connectivity index (χ1) is 13.8. The third kappa shape index (κ3) is 4.94. The van der Waals surface area contributed by atoms with Gasteiger partial charge >= 0.3 is 0 Å². The third-order valence-corrected chi connectivity index (χ3v) is 6.08. The molecule has 2 aromatic rings. The van der Waals surface area contributed by atoms with Gasteiger partial charge in [-0.3, -0.25) is 9.59 Å². The molecular formula is C22H25Cl2N3O2. The summed E-state index contributed by atoms with van der Waals surface area (Å²) in [6, 6.07) is 6.95. The lowest BCUT2D eigenvalue weighted by atomic mass is 9.76. The number of carbonyl (C=O) groups excluding carboxylic acids is 2. The summed E-state index contributed by atoms with van der Waals surface area (Å²) in [4.78, 5) is 28.9. The van der Waals surface area contributed by atoms with E-state index in [4.69, 9.17) is 23.2 Å². The Morgan fingerprint density at radius 2 is 1.97 bits per heavy atom. The number of aromatic nitrogens is 1. The molecule has 7 heteroatoms. The predicted molar refractivity (Wildman–Crippen MR) is 115 cm³/mol. The summed E-state index contributed by atoms with van der Waals surface area (Å²) in [5.41, 5.74) is 1.06. The molecule has 1 aliphatic carbocycles. The molecule has 29 heavy (non-hydrogen) atoms. The minimum Gasteiger partial charge on any atom is -0.350 e. The summed E-state index contributed by atoms with van der Waals surface area (Å²) in [6.07, 6.45) is 3.87. The van der Waals surface area contributed by atoms with Crippen LogP contribution in [0.25, 0.3) is 10.9 Å². The number of nitrogens with one attached hydrogen (secondary N) is 2. The van der Waals surface area contributed by atoms with Crippen LogP contribution in [0.1, 0.15) is 56.4 Å². The maximum Gasteiger partial charge on any atom is 0.267 e. The summed E-state index contributed by atoms with van der Waals surface area (Å²) in [5, 5.41) is 14.2. The summed E-state index contributed by atoms with van der Waals surface area (Å²) in [6.45, 7) is 4.01. The van der Waals surface area contributed by atoms with Crippen LogP contribution in [0.2, 0.25) is 10.0 Å². The second kappa shape index (κ2) is 9.19. The predicted octanol–water partition coefficient (Wildman–Crippen LogP) is 5.52. The molecule has 0 aliphatic heterocycles. The lowest BCUT2D eigenvalue weighted by Crippen LogP contribution is -2.46. The zero-order valence-corrected chi connectivity index (χ0v) is 18.1. The first kappa shape index (κ1) is 21.7. The van der Waals surface area contributed by atoms with Crippen LogP contribution in [0.4, 0.5) is 0 Å². The second-order valence-electron chi connectivity index (χ2n) is 8.22. The molecule has 1 fully saturated rings. The number of hydrogen-bond donors (Lipinski definition) is 2. The quantitative estimate of drug-likeness (QED) is 0.628. The molecule has 3 rings (SSSR count). The van der Waals surface area contributed by atoms with Crippen molar-refractivity contribution in [2.24, 2.45) is 17.8 Å². The van der Waals surface area contributed by atoms with E-state index in [1.54, 1.807) is 18.2 Å². The van der Waals surface area contributed by atoms with Gasteiger partial charge in [0.2, 0.25) is 0 Å². The van der Waals surface area contributed by atoms with Gasteiger partial charge in [0.15, 0.2) is 5.78 Å². The lowest BCUT2D eigenvalue weighted by Gasteiger charge is -2.32. The van der Waals surface area contributed by atoms with Crippen molar-refractivity contribution in [3.63, 3.8) is 0 Å². The molecule has 1 aliphatic rings. The van der Waals surface area contributed by atoms with Crippen LogP contribution in [0.15, 0.2) is 18.2 Å². The Kier molecular flexibility index (Phi) is 6.87. The minimum absolute atomic E-state index is 0.0438. The van der Waals surface area contributed by atoms with E-state index in [9.17, 15) is 14.9 Å². The number of nitrogens with zero attached hydrogens (tertiary/aromatic N) is 1. The summed E-state index contributed by atoms with van der Waals surface area (Å²) < 4.78 is 0. The molecule has 0 radical (unpaired) electrons. The van der Waals surface area contributed by atoms with Gasteiger partial charge in [-0.05, 0) is 43.4 Å². The van der Waals surface area contributed by atoms with E-state index in [1.165, 1.54) is 0 Å². The van der Waals surface area contributed by atoms with Gasteiger partial charge in [-0.1, -0.05) is 49.9 Å². The van der Waals surface area contributed by atoms with E-state index >= 15 is 0 Å². The van der Waals surface area contributed by atoms with Crippen LogP contribution in [-0.4, -0.2) is 22.7 Å². The summed E-state index contributed by atoms with van der Waals surface area (Å²) in [7, 11) is 0. The Hall–Kier alpha value is -2.03. The summed E-state index contributed by atoms with van der Waals surface area (Å²) in [5.74, 6) is -0.999. The van der Waals surface area contributed by atoms with Crippen molar-refractivity contribution in [3.8, 4) is 6.07 Å². The maximum absolute atomic E-state index is 13.0. The van der Waals surface area contributed by atoms with Gasteiger partial charge in [-0.2, -0.15) is 5.26 Å². The molecule has 2 N–H and O–H groups in total.